The number of nitrogens with zero attached hydrogens (tertiary/aromatic N) is 2. The molecule has 2 heterocycles. The van der Waals surface area contributed by atoms with Gasteiger partial charge in [-0.1, -0.05) is 11.6 Å². The van der Waals surface area contributed by atoms with Crippen molar-refractivity contribution in [3.63, 3.8) is 0 Å². The van der Waals surface area contributed by atoms with Gasteiger partial charge in [0.15, 0.2) is 0 Å². The number of β-amino-alcohol motifs (C(OH)–C–C–N with tert-alkyl or cyclic N) is 1. The van der Waals surface area contributed by atoms with Gasteiger partial charge >= 0.3 is 6.03 Å². The largest absolute Gasteiger partial charge is 0.391 e. The second-order valence-electron chi connectivity index (χ2n) is 7.75. The number of nitrogens with one attached hydrogen (secondary N) is 2. The van der Waals surface area contributed by atoms with Gasteiger partial charge in [0.25, 0.3) is 5.91 Å². The highest BCUT2D eigenvalue weighted by Crippen LogP contribution is 2.26. The zero-order chi connectivity index (χ0) is 23.5. The average Bonchev–Trinajstić information content (AvgIpc) is 3.19. The van der Waals surface area contributed by atoms with Crippen LogP contribution in [0.1, 0.15) is 6.42 Å². The van der Waals surface area contributed by atoms with E-state index in [-0.39, 0.29) is 31.2 Å². The van der Waals surface area contributed by atoms with Gasteiger partial charge in [0.2, 0.25) is 5.91 Å². The van der Waals surface area contributed by atoms with E-state index in [4.69, 9.17) is 16.3 Å². The highest BCUT2D eigenvalue weighted by Gasteiger charge is 2.39. The topological polar surface area (TPSA) is 111 Å². The van der Waals surface area contributed by atoms with Crippen LogP contribution in [0.4, 0.5) is 26.2 Å². The molecule has 2 unspecified atom stereocenters. The highest BCUT2D eigenvalue weighted by atomic mass is 35.5. The Morgan fingerprint density at radius 3 is 2.61 bits per heavy atom. The molecular weight excluding hydrogens is 455 g/mol. The third-order valence-electron chi connectivity index (χ3n) is 5.45. The van der Waals surface area contributed by atoms with Crippen LogP contribution in [0.3, 0.4) is 0 Å². The molecule has 2 aliphatic rings. The number of halogens is 2. The van der Waals surface area contributed by atoms with Gasteiger partial charge in [-0.2, -0.15) is 0 Å². The van der Waals surface area contributed by atoms with Crippen molar-refractivity contribution < 1.29 is 28.6 Å². The lowest BCUT2D eigenvalue weighted by molar-refractivity contribution is -0.125. The number of carbonyl (C=O) groups excluding carboxylic acids is 3. The number of anilines is 3. The summed E-state index contributed by atoms with van der Waals surface area (Å²) in [5.41, 5.74) is 0.743. The molecular formula is C22H22ClFN4O5. The monoisotopic (exact) mass is 476 g/mol. The van der Waals surface area contributed by atoms with Crippen LogP contribution in [0.25, 0.3) is 0 Å². The fourth-order valence-electron chi connectivity index (χ4n) is 3.80. The van der Waals surface area contributed by atoms with Crippen molar-refractivity contribution in [3.8, 4) is 0 Å². The van der Waals surface area contributed by atoms with Gasteiger partial charge in [-0.3, -0.25) is 9.59 Å². The molecule has 2 saturated heterocycles. The molecule has 2 atom stereocenters. The summed E-state index contributed by atoms with van der Waals surface area (Å²) < 4.78 is 19.8. The van der Waals surface area contributed by atoms with Crippen LogP contribution < -0.4 is 15.5 Å². The van der Waals surface area contributed by atoms with E-state index in [9.17, 15) is 23.9 Å². The van der Waals surface area contributed by atoms with Gasteiger partial charge in [-0.15, -0.1) is 0 Å². The van der Waals surface area contributed by atoms with Crippen molar-refractivity contribution in [3.05, 3.63) is 53.3 Å². The predicted molar refractivity (Wildman–Crippen MR) is 120 cm³/mol. The molecule has 0 aromatic heterocycles. The Hall–Kier alpha value is -3.21. The summed E-state index contributed by atoms with van der Waals surface area (Å²) in [7, 11) is 0. The minimum atomic E-state index is -0.993. The number of ether oxygens (including phenoxy) is 1. The van der Waals surface area contributed by atoms with E-state index in [1.807, 2.05) is 0 Å². The van der Waals surface area contributed by atoms with Crippen molar-refractivity contribution in [2.45, 2.75) is 18.6 Å². The van der Waals surface area contributed by atoms with Gasteiger partial charge in [-0.05, 0) is 42.5 Å². The molecule has 3 N–H and O–H groups in total. The third kappa shape index (κ3) is 5.24. The molecule has 9 nitrogen and oxygen atoms in total. The van der Waals surface area contributed by atoms with Crippen molar-refractivity contribution in [2.75, 3.05) is 41.8 Å². The van der Waals surface area contributed by atoms with Gasteiger partial charge in [0.05, 0.1) is 18.4 Å². The van der Waals surface area contributed by atoms with E-state index in [0.29, 0.717) is 29.5 Å². The number of aliphatic hydroxyl groups is 1. The number of rotatable bonds is 4. The van der Waals surface area contributed by atoms with Crippen molar-refractivity contribution >= 4 is 46.5 Å². The molecule has 174 valence electrons. The maximum absolute atomic E-state index is 14.7. The number of morpholine rings is 1. The van der Waals surface area contributed by atoms with E-state index in [1.165, 1.54) is 21.9 Å². The standard InChI is InChI=1S/C22H22ClFN4O5/c23-13-1-3-14(4-2-13)25-22(32)28-11-16(29)10-19(28)21(31)26-18-6-5-15(9-17(18)24)27-7-8-33-12-20(27)30/h1-6,9,16,19,29H,7-8,10-12H2,(H,25,32)(H,26,31). The number of hydrogen-bond acceptors (Lipinski definition) is 5. The van der Waals surface area contributed by atoms with Crippen molar-refractivity contribution in [1.82, 2.24) is 4.90 Å². The summed E-state index contributed by atoms with van der Waals surface area (Å²) in [5.74, 6) is -1.64. The summed E-state index contributed by atoms with van der Waals surface area (Å²) in [5, 5.41) is 15.7. The lowest BCUT2D eigenvalue weighted by Crippen LogP contribution is -2.45. The normalized spacial score (nSPS) is 20.6. The first-order chi connectivity index (χ1) is 15.8. The van der Waals surface area contributed by atoms with Gasteiger partial charge in [-0.25, -0.2) is 9.18 Å². The maximum Gasteiger partial charge on any atom is 0.322 e. The molecule has 0 saturated carbocycles. The molecule has 33 heavy (non-hydrogen) atoms. The predicted octanol–water partition coefficient (Wildman–Crippen LogP) is 2.45. The van der Waals surface area contributed by atoms with Crippen molar-refractivity contribution in [2.24, 2.45) is 0 Å². The molecule has 2 aromatic carbocycles. The van der Waals surface area contributed by atoms with Crippen LogP contribution in [0.5, 0.6) is 0 Å². The quantitative estimate of drug-likeness (QED) is 0.627. The van der Waals surface area contributed by atoms with Crippen LogP contribution in [0, 0.1) is 5.82 Å². The minimum Gasteiger partial charge on any atom is -0.391 e. The number of aliphatic hydroxyl groups excluding tert-OH is 1. The molecule has 4 amide bonds. The van der Waals surface area contributed by atoms with Crippen LogP contribution in [0.2, 0.25) is 5.02 Å². The zero-order valence-electron chi connectivity index (χ0n) is 17.5. The Kier molecular flexibility index (Phi) is 6.77. The minimum absolute atomic E-state index is 0.0157. The van der Waals surface area contributed by atoms with Crippen LogP contribution >= 0.6 is 11.6 Å². The maximum atomic E-state index is 14.7. The summed E-state index contributed by atoms with van der Waals surface area (Å²) in [6.07, 6.45) is -0.877. The number of hydrogen-bond donors (Lipinski definition) is 3. The first-order valence-corrected chi connectivity index (χ1v) is 10.7. The molecule has 4 rings (SSSR count). The number of amides is 4. The number of benzene rings is 2. The number of likely N-dealkylation sites (tertiary alicyclic amines) is 1. The Morgan fingerprint density at radius 1 is 1.15 bits per heavy atom. The molecule has 2 aliphatic heterocycles. The number of carbonyl (C=O) groups is 3. The summed E-state index contributed by atoms with van der Waals surface area (Å²) in [4.78, 5) is 40.1. The first kappa shape index (κ1) is 23.0. The summed E-state index contributed by atoms with van der Waals surface area (Å²) >= 11 is 5.85. The molecule has 0 bridgehead atoms. The lowest BCUT2D eigenvalue weighted by atomic mass is 10.1. The second-order valence-corrected chi connectivity index (χ2v) is 8.18. The van der Waals surface area contributed by atoms with Gasteiger partial charge < -0.3 is 30.3 Å². The van der Waals surface area contributed by atoms with Crippen LogP contribution in [-0.2, 0) is 14.3 Å². The summed E-state index contributed by atoms with van der Waals surface area (Å²) in [6, 6.07) is 8.91. The van der Waals surface area contributed by atoms with Crippen molar-refractivity contribution in [1.29, 1.82) is 0 Å². The lowest BCUT2D eigenvalue weighted by Gasteiger charge is -2.27. The first-order valence-electron chi connectivity index (χ1n) is 10.3. The summed E-state index contributed by atoms with van der Waals surface area (Å²) in [6.45, 7) is 0.543. The highest BCUT2D eigenvalue weighted by molar-refractivity contribution is 6.30. The number of urea groups is 1. The fraction of sp³-hybridized carbons (Fsp3) is 0.318. The van der Waals surface area contributed by atoms with Gasteiger partial charge in [0.1, 0.15) is 18.5 Å². The molecule has 11 heteroatoms. The van der Waals surface area contributed by atoms with Crippen LogP contribution in [-0.4, -0.2) is 66.3 Å². The van der Waals surface area contributed by atoms with Gasteiger partial charge in [0, 0.05) is 35.9 Å². The molecule has 0 aliphatic carbocycles. The van der Waals surface area contributed by atoms with E-state index < -0.39 is 29.9 Å². The molecule has 2 aromatic rings. The van der Waals surface area contributed by atoms with E-state index >= 15 is 0 Å². The zero-order valence-corrected chi connectivity index (χ0v) is 18.2. The second kappa shape index (κ2) is 9.74. The molecule has 0 spiro atoms. The fourth-order valence-corrected chi connectivity index (χ4v) is 3.92. The average molecular weight is 477 g/mol. The Morgan fingerprint density at radius 2 is 1.91 bits per heavy atom. The van der Waals surface area contributed by atoms with E-state index in [2.05, 4.69) is 10.6 Å². The SMILES string of the molecule is O=C(Nc1ccc(N2CCOCC2=O)cc1F)C1CC(O)CN1C(=O)Nc1ccc(Cl)cc1. The Balaban J connectivity index is 1.44. The van der Waals surface area contributed by atoms with E-state index in [0.717, 1.165) is 6.07 Å². The third-order valence-corrected chi connectivity index (χ3v) is 5.70. The van der Waals surface area contributed by atoms with E-state index in [1.54, 1.807) is 24.3 Å². The Labute approximate surface area is 194 Å². The molecule has 2 fully saturated rings. The Bertz CT molecular complexity index is 1070. The molecule has 0 radical (unpaired) electrons. The van der Waals surface area contributed by atoms with Crippen LogP contribution in [0.15, 0.2) is 42.5 Å². The smallest absolute Gasteiger partial charge is 0.322 e.